The third-order valence-electron chi connectivity index (χ3n) is 3.93. The van der Waals surface area contributed by atoms with Crippen LogP contribution in [0.2, 0.25) is 0 Å². The first-order valence-electron chi connectivity index (χ1n) is 10.1. The van der Waals surface area contributed by atoms with Gasteiger partial charge in [-0.25, -0.2) is 9.59 Å². The zero-order valence-corrected chi connectivity index (χ0v) is 18.4. The summed E-state index contributed by atoms with van der Waals surface area (Å²) in [6.07, 6.45) is -0.565. The van der Waals surface area contributed by atoms with Crippen molar-refractivity contribution >= 4 is 18.0 Å². The largest absolute Gasteiger partial charge is 0.459 e. The van der Waals surface area contributed by atoms with E-state index in [1.807, 2.05) is 32.0 Å². The van der Waals surface area contributed by atoms with Crippen molar-refractivity contribution in [2.45, 2.75) is 71.8 Å². The number of rotatable bonds is 10. The van der Waals surface area contributed by atoms with Crippen molar-refractivity contribution in [1.29, 1.82) is 0 Å². The lowest BCUT2D eigenvalue weighted by atomic mass is 10.0. The number of nitrogens with one attached hydrogen (secondary N) is 2. The van der Waals surface area contributed by atoms with E-state index in [2.05, 4.69) is 10.6 Å². The quantitative estimate of drug-likeness (QED) is 0.499. The number of aliphatic hydroxyl groups is 1. The number of hydrogen-bond donors (Lipinski definition) is 3. The Bertz CT molecular complexity index is 685. The van der Waals surface area contributed by atoms with E-state index in [-0.39, 0.29) is 25.6 Å². The molecule has 0 aromatic heterocycles. The van der Waals surface area contributed by atoms with Crippen LogP contribution >= 0.6 is 0 Å². The van der Waals surface area contributed by atoms with Gasteiger partial charge < -0.3 is 25.2 Å². The zero-order chi connectivity index (χ0) is 22.7. The molecular weight excluding hydrogens is 388 g/mol. The molecule has 0 spiro atoms. The Kier molecular flexibility index (Phi) is 10.3. The van der Waals surface area contributed by atoms with Gasteiger partial charge in [0.05, 0.1) is 19.1 Å². The molecule has 1 aromatic rings. The molecule has 0 saturated carbocycles. The number of carbonyl (C=O) groups excluding carboxylic acids is 3. The van der Waals surface area contributed by atoms with E-state index in [0.29, 0.717) is 6.42 Å². The molecule has 3 N–H and O–H groups in total. The number of carbonyl (C=O) groups is 3. The summed E-state index contributed by atoms with van der Waals surface area (Å²) in [6, 6.07) is 7.43. The topological polar surface area (TPSA) is 114 Å². The first-order valence-corrected chi connectivity index (χ1v) is 10.1. The summed E-state index contributed by atoms with van der Waals surface area (Å²) in [5, 5.41) is 14.6. The molecule has 0 bridgehead atoms. The van der Waals surface area contributed by atoms with Gasteiger partial charge in [0.25, 0.3) is 0 Å². The standard InChI is InChI=1S/C22H34N2O6/c1-15(2)11-17(13-25)23-19(26)12-18(24-21(28)30-22(3,4)5)20(27)29-14-16-9-7-6-8-10-16/h6-10,15,17-18,25H,11-14H2,1-5H3,(H,23,26)(H,24,28). The zero-order valence-electron chi connectivity index (χ0n) is 18.4. The molecule has 1 aromatic carbocycles. The summed E-state index contributed by atoms with van der Waals surface area (Å²) in [7, 11) is 0. The Morgan fingerprint density at radius 2 is 1.70 bits per heavy atom. The highest BCUT2D eigenvalue weighted by molar-refractivity contribution is 5.88. The monoisotopic (exact) mass is 422 g/mol. The van der Waals surface area contributed by atoms with Crippen molar-refractivity contribution in [3.05, 3.63) is 35.9 Å². The molecule has 8 heteroatoms. The summed E-state index contributed by atoms with van der Waals surface area (Å²) in [5.41, 5.74) is 0.0213. The molecule has 0 heterocycles. The number of alkyl carbamates (subject to hydrolysis) is 1. The SMILES string of the molecule is CC(C)CC(CO)NC(=O)CC(NC(=O)OC(C)(C)C)C(=O)OCc1ccccc1. The van der Waals surface area contributed by atoms with Gasteiger partial charge in [-0.05, 0) is 38.7 Å². The molecule has 8 nitrogen and oxygen atoms in total. The Labute approximate surface area is 178 Å². The van der Waals surface area contributed by atoms with Crippen LogP contribution in [0.15, 0.2) is 30.3 Å². The highest BCUT2D eigenvalue weighted by Crippen LogP contribution is 2.10. The maximum atomic E-state index is 12.6. The summed E-state index contributed by atoms with van der Waals surface area (Å²) < 4.78 is 10.5. The summed E-state index contributed by atoms with van der Waals surface area (Å²) in [4.78, 5) is 37.1. The molecule has 0 aliphatic rings. The Morgan fingerprint density at radius 3 is 2.23 bits per heavy atom. The minimum Gasteiger partial charge on any atom is -0.459 e. The van der Waals surface area contributed by atoms with Crippen LogP contribution in [-0.2, 0) is 25.7 Å². The number of amides is 2. The van der Waals surface area contributed by atoms with Crippen LogP contribution in [0.4, 0.5) is 4.79 Å². The van der Waals surface area contributed by atoms with Crippen LogP contribution in [0.3, 0.4) is 0 Å². The third-order valence-corrected chi connectivity index (χ3v) is 3.93. The van der Waals surface area contributed by atoms with Gasteiger partial charge in [0, 0.05) is 0 Å². The molecule has 2 atom stereocenters. The van der Waals surface area contributed by atoms with Crippen LogP contribution < -0.4 is 10.6 Å². The fourth-order valence-electron chi connectivity index (χ4n) is 2.69. The smallest absolute Gasteiger partial charge is 0.408 e. The highest BCUT2D eigenvalue weighted by Gasteiger charge is 2.28. The van der Waals surface area contributed by atoms with Crippen LogP contribution in [0, 0.1) is 5.92 Å². The van der Waals surface area contributed by atoms with Gasteiger partial charge in [-0.2, -0.15) is 0 Å². The minimum atomic E-state index is -1.22. The van der Waals surface area contributed by atoms with Crippen molar-refractivity contribution < 1.29 is 29.0 Å². The lowest BCUT2D eigenvalue weighted by Crippen LogP contribution is -2.48. The normalized spacial score (nSPS) is 13.3. The average Bonchev–Trinajstić information content (AvgIpc) is 2.63. The van der Waals surface area contributed by atoms with E-state index in [4.69, 9.17) is 9.47 Å². The Hall–Kier alpha value is -2.61. The molecule has 1 rings (SSSR count). The van der Waals surface area contributed by atoms with Crippen molar-refractivity contribution in [3.63, 3.8) is 0 Å². The van der Waals surface area contributed by atoms with E-state index in [0.717, 1.165) is 5.56 Å². The lowest BCUT2D eigenvalue weighted by Gasteiger charge is -2.24. The van der Waals surface area contributed by atoms with Gasteiger partial charge in [0.15, 0.2) is 0 Å². The maximum Gasteiger partial charge on any atom is 0.408 e. The molecule has 0 fully saturated rings. The van der Waals surface area contributed by atoms with Crippen molar-refractivity contribution in [1.82, 2.24) is 10.6 Å². The van der Waals surface area contributed by atoms with Gasteiger partial charge in [0.2, 0.25) is 5.91 Å². The van der Waals surface area contributed by atoms with Gasteiger partial charge in [-0.15, -0.1) is 0 Å². The van der Waals surface area contributed by atoms with Crippen LogP contribution in [0.25, 0.3) is 0 Å². The molecule has 2 unspecified atom stereocenters. The molecule has 0 aliphatic carbocycles. The van der Waals surface area contributed by atoms with E-state index >= 15 is 0 Å². The van der Waals surface area contributed by atoms with Gasteiger partial charge in [0.1, 0.15) is 18.2 Å². The van der Waals surface area contributed by atoms with Crippen LogP contribution in [0.1, 0.15) is 53.0 Å². The summed E-state index contributed by atoms with van der Waals surface area (Å²) in [6.45, 7) is 8.83. The Morgan fingerprint density at radius 1 is 1.07 bits per heavy atom. The maximum absolute atomic E-state index is 12.6. The number of hydrogen-bond acceptors (Lipinski definition) is 6. The van der Waals surface area contributed by atoms with Crippen molar-refractivity contribution in [2.24, 2.45) is 5.92 Å². The fraction of sp³-hybridized carbons (Fsp3) is 0.591. The predicted octanol–water partition coefficient (Wildman–Crippen LogP) is 2.54. The highest BCUT2D eigenvalue weighted by atomic mass is 16.6. The fourth-order valence-corrected chi connectivity index (χ4v) is 2.69. The van der Waals surface area contributed by atoms with Crippen molar-refractivity contribution in [2.75, 3.05) is 6.61 Å². The van der Waals surface area contributed by atoms with Crippen LogP contribution in [-0.4, -0.2) is 47.4 Å². The molecular formula is C22H34N2O6. The van der Waals surface area contributed by atoms with E-state index in [1.165, 1.54) is 0 Å². The molecule has 168 valence electrons. The second kappa shape index (κ2) is 12.2. The molecule has 0 saturated heterocycles. The summed E-state index contributed by atoms with van der Waals surface area (Å²) >= 11 is 0. The first kappa shape index (κ1) is 25.4. The lowest BCUT2D eigenvalue weighted by molar-refractivity contribution is -0.149. The van der Waals surface area contributed by atoms with E-state index < -0.39 is 35.7 Å². The van der Waals surface area contributed by atoms with E-state index in [9.17, 15) is 19.5 Å². The molecule has 0 aliphatic heterocycles. The minimum absolute atomic E-state index is 0.0143. The second-order valence-electron chi connectivity index (χ2n) is 8.57. The molecule has 2 amide bonds. The third kappa shape index (κ3) is 10.8. The van der Waals surface area contributed by atoms with Gasteiger partial charge in [-0.1, -0.05) is 44.2 Å². The van der Waals surface area contributed by atoms with Gasteiger partial charge >= 0.3 is 12.1 Å². The number of aliphatic hydroxyl groups excluding tert-OH is 1. The summed E-state index contributed by atoms with van der Waals surface area (Å²) in [5.74, 6) is -0.953. The first-order chi connectivity index (χ1) is 14.0. The van der Waals surface area contributed by atoms with E-state index in [1.54, 1.807) is 32.9 Å². The van der Waals surface area contributed by atoms with Crippen molar-refractivity contribution in [3.8, 4) is 0 Å². The van der Waals surface area contributed by atoms with Crippen LogP contribution in [0.5, 0.6) is 0 Å². The molecule has 0 radical (unpaired) electrons. The number of ether oxygens (including phenoxy) is 2. The number of benzene rings is 1. The average molecular weight is 423 g/mol. The van der Waals surface area contributed by atoms with Gasteiger partial charge in [-0.3, -0.25) is 4.79 Å². The second-order valence-corrected chi connectivity index (χ2v) is 8.57. The number of esters is 1. The predicted molar refractivity (Wildman–Crippen MR) is 112 cm³/mol. The Balaban J connectivity index is 2.78. The molecule has 30 heavy (non-hydrogen) atoms.